The maximum absolute atomic E-state index is 13.1. The highest BCUT2D eigenvalue weighted by molar-refractivity contribution is 5.74. The lowest BCUT2D eigenvalue weighted by molar-refractivity contribution is -0.301. The van der Waals surface area contributed by atoms with E-state index in [0.29, 0.717) is 19.3 Å². The normalized spacial score (nSPS) is 18.9. The van der Waals surface area contributed by atoms with Crippen LogP contribution in [0.4, 0.5) is 0 Å². The second-order valence-corrected chi connectivity index (χ2v) is 19.2. The molecule has 416 valence electrons. The van der Waals surface area contributed by atoms with Gasteiger partial charge in [0.2, 0.25) is 0 Å². The Kier molecular flexibility index (Phi) is 44.7. The number of hydrogen-bond acceptors (Lipinski definition) is 11. The van der Waals surface area contributed by atoms with E-state index in [1.54, 1.807) is 0 Å². The van der Waals surface area contributed by atoms with Crippen molar-refractivity contribution in [3.05, 3.63) is 85.1 Å². The van der Waals surface area contributed by atoms with Gasteiger partial charge in [-0.3, -0.25) is 14.4 Å². The molecule has 0 aromatic rings. The van der Waals surface area contributed by atoms with Gasteiger partial charge in [-0.25, -0.2) is 4.79 Å². The summed E-state index contributed by atoms with van der Waals surface area (Å²) in [7, 11) is 0. The van der Waals surface area contributed by atoms with Crippen molar-refractivity contribution in [3.63, 3.8) is 0 Å². The Hall–Kier alpha value is -4.10. The molecular formula is C61H100O12. The molecule has 0 aromatic heterocycles. The second-order valence-electron chi connectivity index (χ2n) is 19.2. The van der Waals surface area contributed by atoms with E-state index >= 15 is 0 Å². The number of allylic oxidation sites excluding steroid dienone is 14. The Labute approximate surface area is 441 Å². The van der Waals surface area contributed by atoms with Crippen molar-refractivity contribution in [2.24, 2.45) is 0 Å². The lowest BCUT2D eigenvalue weighted by Crippen LogP contribution is -2.61. The Morgan fingerprint density at radius 3 is 1.38 bits per heavy atom. The maximum Gasteiger partial charge on any atom is 0.335 e. The largest absolute Gasteiger partial charge is 0.479 e. The molecule has 0 aliphatic carbocycles. The fraction of sp³-hybridized carbons (Fsp3) is 0.705. The summed E-state index contributed by atoms with van der Waals surface area (Å²) in [6, 6.07) is 0. The summed E-state index contributed by atoms with van der Waals surface area (Å²) in [4.78, 5) is 51.0. The molecule has 0 saturated carbocycles. The first-order valence-electron chi connectivity index (χ1n) is 28.6. The van der Waals surface area contributed by atoms with E-state index < -0.39 is 67.3 Å². The molecule has 1 fully saturated rings. The van der Waals surface area contributed by atoms with Crippen LogP contribution in [-0.4, -0.2) is 89.2 Å². The topological polar surface area (TPSA) is 175 Å². The monoisotopic (exact) mass is 1020 g/mol. The van der Waals surface area contributed by atoms with Crippen LogP contribution in [0.2, 0.25) is 0 Å². The molecule has 12 heteroatoms. The third-order valence-corrected chi connectivity index (χ3v) is 12.4. The average Bonchev–Trinajstić information content (AvgIpc) is 3.37. The van der Waals surface area contributed by atoms with Gasteiger partial charge in [0.15, 0.2) is 24.6 Å². The van der Waals surface area contributed by atoms with Crippen LogP contribution < -0.4 is 0 Å². The summed E-state index contributed by atoms with van der Waals surface area (Å²) < 4.78 is 28.3. The summed E-state index contributed by atoms with van der Waals surface area (Å²) in [6.07, 6.45) is 49.8. The van der Waals surface area contributed by atoms with Gasteiger partial charge >= 0.3 is 23.9 Å². The zero-order valence-electron chi connectivity index (χ0n) is 45.6. The summed E-state index contributed by atoms with van der Waals surface area (Å²) >= 11 is 0. The highest BCUT2D eigenvalue weighted by atomic mass is 16.7. The predicted octanol–water partition coefficient (Wildman–Crippen LogP) is 14.3. The molecule has 0 spiro atoms. The van der Waals surface area contributed by atoms with Crippen LogP contribution in [0.1, 0.15) is 226 Å². The molecule has 12 nitrogen and oxygen atoms in total. The van der Waals surface area contributed by atoms with Gasteiger partial charge in [-0.2, -0.15) is 0 Å². The van der Waals surface area contributed by atoms with Crippen LogP contribution in [0.25, 0.3) is 0 Å². The number of esters is 3. The van der Waals surface area contributed by atoms with Gasteiger partial charge in [0.25, 0.3) is 0 Å². The quantitative estimate of drug-likeness (QED) is 0.0228. The molecule has 1 heterocycles. The first-order chi connectivity index (χ1) is 35.6. The fourth-order valence-electron chi connectivity index (χ4n) is 8.02. The average molecular weight is 1030 g/mol. The number of rotatable bonds is 47. The van der Waals surface area contributed by atoms with E-state index in [4.69, 9.17) is 23.7 Å². The molecule has 6 unspecified atom stereocenters. The van der Waals surface area contributed by atoms with Crippen molar-refractivity contribution in [1.29, 1.82) is 0 Å². The van der Waals surface area contributed by atoms with Crippen LogP contribution in [0, 0.1) is 0 Å². The smallest absolute Gasteiger partial charge is 0.335 e. The predicted molar refractivity (Wildman–Crippen MR) is 294 cm³/mol. The summed E-state index contributed by atoms with van der Waals surface area (Å²) in [5.41, 5.74) is 0. The molecule has 1 rings (SSSR count). The van der Waals surface area contributed by atoms with Gasteiger partial charge in [-0.05, 0) is 103 Å². The van der Waals surface area contributed by atoms with E-state index in [2.05, 4.69) is 106 Å². The van der Waals surface area contributed by atoms with Gasteiger partial charge in [0, 0.05) is 19.3 Å². The first kappa shape index (κ1) is 66.9. The van der Waals surface area contributed by atoms with E-state index in [1.807, 2.05) is 0 Å². The number of aliphatic carboxylic acids is 1. The van der Waals surface area contributed by atoms with E-state index in [-0.39, 0.29) is 25.9 Å². The number of aliphatic hydroxyl groups is 2. The minimum absolute atomic E-state index is 0.0389. The van der Waals surface area contributed by atoms with Crippen LogP contribution in [0.5, 0.6) is 0 Å². The van der Waals surface area contributed by atoms with E-state index in [0.717, 1.165) is 154 Å². The molecule has 0 radical (unpaired) electrons. The summed E-state index contributed by atoms with van der Waals surface area (Å²) in [6.45, 7) is 5.74. The van der Waals surface area contributed by atoms with Crippen molar-refractivity contribution in [2.75, 3.05) is 13.2 Å². The Morgan fingerprint density at radius 2 is 0.890 bits per heavy atom. The number of unbranched alkanes of at least 4 members (excludes halogenated alkanes) is 19. The SMILES string of the molecule is CC/C=C\C/C=C\C/C=C\C/C=C\CCCCCCCCC(=O)OC1C(OCC(COC(=O)CCCCCCC/C=C\C/C=C\CCC)OC(=O)CCCCCCC/C=C\CCCC)OC(C(=O)O)C(O)C1O. The highest BCUT2D eigenvalue weighted by Gasteiger charge is 2.50. The zero-order chi connectivity index (χ0) is 53.3. The number of aliphatic hydroxyl groups excluding tert-OH is 2. The Bertz CT molecular complexity index is 1590. The second kappa shape index (κ2) is 48.8. The van der Waals surface area contributed by atoms with Crippen molar-refractivity contribution < 1.29 is 58.2 Å². The zero-order valence-corrected chi connectivity index (χ0v) is 45.6. The molecule has 0 aromatic carbocycles. The summed E-state index contributed by atoms with van der Waals surface area (Å²) in [5, 5.41) is 31.4. The molecule has 0 amide bonds. The number of carbonyl (C=O) groups is 4. The summed E-state index contributed by atoms with van der Waals surface area (Å²) in [5.74, 6) is -3.17. The van der Waals surface area contributed by atoms with Crippen LogP contribution in [0.15, 0.2) is 85.1 Å². The van der Waals surface area contributed by atoms with Crippen LogP contribution in [-0.2, 0) is 42.9 Å². The van der Waals surface area contributed by atoms with Gasteiger partial charge < -0.3 is 39.0 Å². The number of ether oxygens (including phenoxy) is 5. The Morgan fingerprint density at radius 1 is 0.466 bits per heavy atom. The highest BCUT2D eigenvalue weighted by Crippen LogP contribution is 2.26. The minimum Gasteiger partial charge on any atom is -0.479 e. The van der Waals surface area contributed by atoms with Crippen molar-refractivity contribution in [2.45, 2.75) is 263 Å². The molecule has 1 aliphatic rings. The number of carboxylic acid groups (broad SMARTS) is 1. The molecule has 1 saturated heterocycles. The standard InChI is InChI=1S/C61H100O12/c1-4-7-10-13-16-19-22-24-25-26-27-28-29-31-34-37-40-43-46-49-55(64)72-59-57(66)56(65)58(60(67)68)73-61(59)70-51-52(71-54(63)48-45-42-39-36-32-21-18-15-12-9-6-3)50-69-53(62)47-44-41-38-35-33-30-23-20-17-14-11-8-5-2/h7,10-11,14-16,18-20,23-25,27-28,52,56-59,61,65-66H,4-6,8-9,12-13,17,21-22,26,29-51H2,1-3H3,(H,67,68)/b10-7-,14-11-,18-15-,19-16-,23-20-,25-24-,28-27-. The Balaban J connectivity index is 2.69. The first-order valence-corrected chi connectivity index (χ1v) is 28.6. The van der Waals surface area contributed by atoms with Gasteiger partial charge in [-0.15, -0.1) is 0 Å². The third-order valence-electron chi connectivity index (χ3n) is 12.4. The molecule has 1 aliphatic heterocycles. The van der Waals surface area contributed by atoms with Crippen LogP contribution >= 0.6 is 0 Å². The molecule has 0 bridgehead atoms. The lowest BCUT2D eigenvalue weighted by atomic mass is 9.98. The lowest BCUT2D eigenvalue weighted by Gasteiger charge is -2.40. The van der Waals surface area contributed by atoms with E-state index in [9.17, 15) is 34.5 Å². The number of hydrogen-bond donors (Lipinski definition) is 3. The molecule has 73 heavy (non-hydrogen) atoms. The number of carboxylic acids is 1. The van der Waals surface area contributed by atoms with Gasteiger partial charge in [0.1, 0.15) is 18.8 Å². The van der Waals surface area contributed by atoms with Crippen LogP contribution in [0.3, 0.4) is 0 Å². The van der Waals surface area contributed by atoms with Crippen molar-refractivity contribution in [1.82, 2.24) is 0 Å². The van der Waals surface area contributed by atoms with Gasteiger partial charge in [-0.1, -0.05) is 189 Å². The molecular weight excluding hydrogens is 925 g/mol. The van der Waals surface area contributed by atoms with Crippen molar-refractivity contribution in [3.8, 4) is 0 Å². The van der Waals surface area contributed by atoms with E-state index in [1.165, 1.54) is 12.8 Å². The molecule has 6 atom stereocenters. The molecule has 3 N–H and O–H groups in total. The minimum atomic E-state index is -1.91. The van der Waals surface area contributed by atoms with Crippen molar-refractivity contribution >= 4 is 23.9 Å². The van der Waals surface area contributed by atoms with Gasteiger partial charge in [0.05, 0.1) is 6.61 Å². The maximum atomic E-state index is 13.1. The fourth-order valence-corrected chi connectivity index (χ4v) is 8.02. The number of carbonyl (C=O) groups excluding carboxylic acids is 3. The third kappa shape index (κ3) is 39.0.